The number of halogens is 1. The van der Waals surface area contributed by atoms with Crippen LogP contribution in [0, 0.1) is 0 Å². The number of para-hydroxylation sites is 1. The second-order valence-electron chi connectivity index (χ2n) is 4.62. The van der Waals surface area contributed by atoms with Crippen molar-refractivity contribution in [2.45, 2.75) is 6.92 Å². The van der Waals surface area contributed by atoms with Crippen molar-refractivity contribution in [2.75, 3.05) is 13.6 Å². The van der Waals surface area contributed by atoms with E-state index in [1.807, 2.05) is 31.2 Å². The van der Waals surface area contributed by atoms with Gasteiger partial charge in [0, 0.05) is 19.0 Å². The van der Waals surface area contributed by atoms with Crippen LogP contribution in [-0.2, 0) is 0 Å². The van der Waals surface area contributed by atoms with Gasteiger partial charge in [-0.15, -0.1) is 0 Å². The number of hydrogen-bond donors (Lipinski definition) is 0. The lowest BCUT2D eigenvalue weighted by atomic mass is 10.2. The van der Waals surface area contributed by atoms with Crippen molar-refractivity contribution in [3.63, 3.8) is 0 Å². The van der Waals surface area contributed by atoms with E-state index in [0.29, 0.717) is 17.3 Å². The number of rotatable bonds is 3. The highest BCUT2D eigenvalue weighted by Crippen LogP contribution is 2.23. The maximum absolute atomic E-state index is 12.2. The van der Waals surface area contributed by atoms with E-state index in [1.165, 1.54) is 0 Å². The average molecular weight is 275 g/mol. The molecular weight excluding hydrogens is 260 g/mol. The zero-order valence-corrected chi connectivity index (χ0v) is 11.7. The van der Waals surface area contributed by atoms with Gasteiger partial charge in [0.05, 0.1) is 10.5 Å². The number of aromatic nitrogens is 1. The van der Waals surface area contributed by atoms with E-state index in [2.05, 4.69) is 11.6 Å². The summed E-state index contributed by atoms with van der Waals surface area (Å²) in [5, 5.41) is 1.39. The van der Waals surface area contributed by atoms with Gasteiger partial charge in [-0.3, -0.25) is 4.79 Å². The van der Waals surface area contributed by atoms with Gasteiger partial charge in [-0.2, -0.15) is 0 Å². The molecule has 4 heteroatoms. The van der Waals surface area contributed by atoms with Gasteiger partial charge >= 0.3 is 0 Å². The second kappa shape index (κ2) is 5.41. The number of carbonyl (C=O) groups excluding carboxylic acids is 1. The van der Waals surface area contributed by atoms with E-state index in [1.54, 1.807) is 18.0 Å². The van der Waals surface area contributed by atoms with Crippen LogP contribution in [0.3, 0.4) is 0 Å². The third-order valence-corrected chi connectivity index (χ3v) is 3.05. The van der Waals surface area contributed by atoms with Crippen molar-refractivity contribution in [3.8, 4) is 0 Å². The van der Waals surface area contributed by atoms with Crippen LogP contribution >= 0.6 is 11.6 Å². The molecule has 0 saturated heterocycles. The molecular formula is C15H15ClN2O. The van der Waals surface area contributed by atoms with Gasteiger partial charge in [0.2, 0.25) is 0 Å². The molecule has 1 amide bonds. The molecule has 2 aromatic rings. The number of pyridine rings is 1. The minimum atomic E-state index is -0.157. The Hall–Kier alpha value is -1.87. The van der Waals surface area contributed by atoms with E-state index >= 15 is 0 Å². The molecule has 19 heavy (non-hydrogen) atoms. The first-order valence-electron chi connectivity index (χ1n) is 5.94. The monoisotopic (exact) mass is 274 g/mol. The molecule has 0 spiro atoms. The fourth-order valence-electron chi connectivity index (χ4n) is 1.91. The van der Waals surface area contributed by atoms with Gasteiger partial charge in [-0.1, -0.05) is 42.0 Å². The zero-order chi connectivity index (χ0) is 14.0. The van der Waals surface area contributed by atoms with Crippen molar-refractivity contribution in [2.24, 2.45) is 0 Å². The summed E-state index contributed by atoms with van der Waals surface area (Å²) in [4.78, 5) is 18.2. The van der Waals surface area contributed by atoms with E-state index in [0.717, 1.165) is 16.5 Å². The Kier molecular flexibility index (Phi) is 3.86. The molecule has 0 radical (unpaired) electrons. The molecule has 0 aliphatic rings. The highest BCUT2D eigenvalue weighted by atomic mass is 35.5. The van der Waals surface area contributed by atoms with Gasteiger partial charge in [0.25, 0.3) is 5.91 Å². The van der Waals surface area contributed by atoms with Crippen molar-refractivity contribution in [3.05, 3.63) is 53.2 Å². The molecule has 0 N–H and O–H groups in total. The molecule has 3 nitrogen and oxygen atoms in total. The SMILES string of the molecule is C=C(C)CN(C)C(=O)c1cc(Cl)c2ccccc2n1. The summed E-state index contributed by atoms with van der Waals surface area (Å²) < 4.78 is 0. The van der Waals surface area contributed by atoms with Crippen LogP contribution in [0.1, 0.15) is 17.4 Å². The summed E-state index contributed by atoms with van der Waals surface area (Å²) in [5.74, 6) is -0.157. The standard InChI is InChI=1S/C15H15ClN2O/c1-10(2)9-18(3)15(19)14-8-12(16)11-6-4-5-7-13(11)17-14/h4-8H,1,9H2,2-3H3. The highest BCUT2D eigenvalue weighted by molar-refractivity contribution is 6.35. The zero-order valence-electron chi connectivity index (χ0n) is 11.0. The van der Waals surface area contributed by atoms with Crippen LogP contribution in [0.2, 0.25) is 5.02 Å². The van der Waals surface area contributed by atoms with Gasteiger partial charge in [0.15, 0.2) is 0 Å². The Balaban J connectivity index is 2.40. The molecule has 1 aromatic carbocycles. The number of fused-ring (bicyclic) bond motifs is 1. The van der Waals surface area contributed by atoms with Crippen LogP contribution in [0.25, 0.3) is 10.9 Å². The average Bonchev–Trinajstić information content (AvgIpc) is 2.37. The summed E-state index contributed by atoms with van der Waals surface area (Å²) in [7, 11) is 1.72. The largest absolute Gasteiger partial charge is 0.336 e. The Labute approximate surface area is 117 Å². The van der Waals surface area contributed by atoms with Crippen LogP contribution in [0.4, 0.5) is 0 Å². The fraction of sp³-hybridized carbons (Fsp3) is 0.200. The lowest BCUT2D eigenvalue weighted by Crippen LogP contribution is -2.28. The number of benzene rings is 1. The van der Waals surface area contributed by atoms with Crippen LogP contribution in [-0.4, -0.2) is 29.4 Å². The summed E-state index contributed by atoms with van der Waals surface area (Å²) in [6, 6.07) is 9.11. The molecule has 0 saturated carbocycles. The second-order valence-corrected chi connectivity index (χ2v) is 5.03. The first kappa shape index (κ1) is 13.6. The topological polar surface area (TPSA) is 33.2 Å². The fourth-order valence-corrected chi connectivity index (χ4v) is 2.18. The maximum Gasteiger partial charge on any atom is 0.272 e. The highest BCUT2D eigenvalue weighted by Gasteiger charge is 2.15. The third-order valence-electron chi connectivity index (χ3n) is 2.74. The molecule has 0 atom stereocenters. The summed E-state index contributed by atoms with van der Waals surface area (Å²) in [6.07, 6.45) is 0. The van der Waals surface area contributed by atoms with Gasteiger partial charge < -0.3 is 4.90 Å². The van der Waals surface area contributed by atoms with E-state index in [-0.39, 0.29) is 5.91 Å². The molecule has 0 aliphatic heterocycles. The van der Waals surface area contributed by atoms with E-state index in [4.69, 9.17) is 11.6 Å². The number of likely N-dealkylation sites (N-methyl/N-ethyl adjacent to an activating group) is 1. The van der Waals surface area contributed by atoms with Crippen LogP contribution < -0.4 is 0 Å². The quantitative estimate of drug-likeness (QED) is 0.802. The number of carbonyl (C=O) groups is 1. The third kappa shape index (κ3) is 2.93. The van der Waals surface area contributed by atoms with Gasteiger partial charge in [0.1, 0.15) is 5.69 Å². The van der Waals surface area contributed by atoms with Crippen LogP contribution in [0.5, 0.6) is 0 Å². The molecule has 0 aliphatic carbocycles. The van der Waals surface area contributed by atoms with Crippen molar-refractivity contribution >= 4 is 28.4 Å². The normalized spacial score (nSPS) is 10.5. The Bertz CT molecular complexity index is 652. The number of nitrogens with zero attached hydrogens (tertiary/aromatic N) is 2. The minimum Gasteiger partial charge on any atom is -0.336 e. The van der Waals surface area contributed by atoms with Gasteiger partial charge in [-0.05, 0) is 19.1 Å². The predicted octanol–water partition coefficient (Wildman–Crippen LogP) is 3.54. The lowest BCUT2D eigenvalue weighted by Gasteiger charge is -2.17. The van der Waals surface area contributed by atoms with Gasteiger partial charge in [-0.25, -0.2) is 4.98 Å². The molecule has 0 bridgehead atoms. The summed E-state index contributed by atoms with van der Waals surface area (Å²) >= 11 is 6.19. The summed E-state index contributed by atoms with van der Waals surface area (Å²) in [5.41, 5.74) is 2.00. The summed E-state index contributed by atoms with van der Waals surface area (Å²) in [6.45, 7) is 6.18. The maximum atomic E-state index is 12.2. The Morgan fingerprint density at radius 2 is 2.11 bits per heavy atom. The molecule has 0 unspecified atom stereocenters. The Morgan fingerprint density at radius 1 is 1.42 bits per heavy atom. The predicted molar refractivity (Wildman–Crippen MR) is 78.5 cm³/mol. The smallest absolute Gasteiger partial charge is 0.272 e. The molecule has 2 rings (SSSR count). The van der Waals surface area contributed by atoms with Crippen molar-refractivity contribution in [1.82, 2.24) is 9.88 Å². The molecule has 0 fully saturated rings. The molecule has 1 aromatic heterocycles. The number of hydrogen-bond acceptors (Lipinski definition) is 2. The van der Waals surface area contributed by atoms with Crippen molar-refractivity contribution in [1.29, 1.82) is 0 Å². The Morgan fingerprint density at radius 3 is 2.79 bits per heavy atom. The molecule has 98 valence electrons. The minimum absolute atomic E-state index is 0.157. The first-order valence-corrected chi connectivity index (χ1v) is 6.32. The number of amides is 1. The molecule has 1 heterocycles. The first-order chi connectivity index (χ1) is 8.99. The van der Waals surface area contributed by atoms with E-state index in [9.17, 15) is 4.79 Å². The van der Waals surface area contributed by atoms with Crippen molar-refractivity contribution < 1.29 is 4.79 Å². The van der Waals surface area contributed by atoms with E-state index < -0.39 is 0 Å². The van der Waals surface area contributed by atoms with Crippen LogP contribution in [0.15, 0.2) is 42.5 Å². The lowest BCUT2D eigenvalue weighted by molar-refractivity contribution is 0.0801.